The van der Waals surface area contributed by atoms with Gasteiger partial charge >= 0.3 is 0 Å². The van der Waals surface area contributed by atoms with Crippen molar-refractivity contribution in [2.24, 2.45) is 0 Å². The molecule has 0 bridgehead atoms. The van der Waals surface area contributed by atoms with Gasteiger partial charge in [-0.3, -0.25) is 4.98 Å². The molecule has 2 aromatic rings. The lowest BCUT2D eigenvalue weighted by molar-refractivity contribution is 0.828. The lowest BCUT2D eigenvalue weighted by atomic mass is 10.1. The molecule has 1 aromatic carbocycles. The van der Waals surface area contributed by atoms with Crippen LogP contribution in [0.5, 0.6) is 0 Å². The van der Waals surface area contributed by atoms with Gasteiger partial charge in [-0.25, -0.2) is 0 Å². The topological polar surface area (TPSA) is 12.9 Å². The van der Waals surface area contributed by atoms with Crippen LogP contribution in [0.4, 0.5) is 0 Å². The SMILES string of the molecule is CCC1Cc2cnc3ccccc3c2S1. The number of benzene rings is 1. The molecule has 1 atom stereocenters. The molecule has 76 valence electrons. The summed E-state index contributed by atoms with van der Waals surface area (Å²) >= 11 is 2.03. The van der Waals surface area contributed by atoms with Gasteiger partial charge in [0.1, 0.15) is 0 Å². The molecule has 0 spiro atoms. The maximum Gasteiger partial charge on any atom is 0.0713 e. The van der Waals surface area contributed by atoms with Crippen molar-refractivity contribution in [1.82, 2.24) is 4.98 Å². The van der Waals surface area contributed by atoms with Crippen molar-refractivity contribution in [3.8, 4) is 0 Å². The number of pyridine rings is 1. The van der Waals surface area contributed by atoms with Gasteiger partial charge in [0.25, 0.3) is 0 Å². The van der Waals surface area contributed by atoms with Gasteiger partial charge < -0.3 is 0 Å². The first-order chi connectivity index (χ1) is 7.38. The Balaban J connectivity index is 2.20. The first kappa shape index (κ1) is 9.22. The molecule has 3 rings (SSSR count). The lowest BCUT2D eigenvalue weighted by Crippen LogP contribution is -1.96. The van der Waals surface area contributed by atoms with E-state index in [-0.39, 0.29) is 0 Å². The van der Waals surface area contributed by atoms with Crippen molar-refractivity contribution < 1.29 is 0 Å². The molecule has 0 amide bonds. The molecule has 0 N–H and O–H groups in total. The molecular weight excluding hydrogens is 202 g/mol. The molecule has 1 unspecified atom stereocenters. The highest BCUT2D eigenvalue weighted by molar-refractivity contribution is 8.00. The molecule has 0 fully saturated rings. The predicted octanol–water partition coefficient (Wildman–Crippen LogP) is 3.66. The number of hydrogen-bond acceptors (Lipinski definition) is 2. The van der Waals surface area contributed by atoms with E-state index in [0.29, 0.717) is 0 Å². The molecule has 2 heterocycles. The second-order valence-corrected chi connectivity index (χ2v) is 5.29. The highest BCUT2D eigenvalue weighted by atomic mass is 32.2. The Labute approximate surface area is 93.9 Å². The molecular formula is C13H13NS. The van der Waals surface area contributed by atoms with Crippen LogP contribution >= 0.6 is 11.8 Å². The summed E-state index contributed by atoms with van der Waals surface area (Å²) in [5.74, 6) is 0. The molecule has 0 radical (unpaired) electrons. The van der Waals surface area contributed by atoms with Crippen LogP contribution in [0.1, 0.15) is 18.9 Å². The molecule has 2 heteroatoms. The molecule has 1 aliphatic rings. The fraction of sp³-hybridized carbons (Fsp3) is 0.308. The summed E-state index contributed by atoms with van der Waals surface area (Å²) in [6.45, 7) is 2.26. The van der Waals surface area contributed by atoms with Crippen LogP contribution in [0.2, 0.25) is 0 Å². The summed E-state index contributed by atoms with van der Waals surface area (Å²) in [4.78, 5) is 5.97. The van der Waals surface area contributed by atoms with Crippen molar-refractivity contribution in [3.05, 3.63) is 36.0 Å². The minimum absolute atomic E-state index is 0.757. The summed E-state index contributed by atoms with van der Waals surface area (Å²) in [5, 5.41) is 2.09. The summed E-state index contributed by atoms with van der Waals surface area (Å²) in [6, 6.07) is 8.43. The van der Waals surface area contributed by atoms with E-state index in [2.05, 4.69) is 42.4 Å². The van der Waals surface area contributed by atoms with Crippen LogP contribution in [0, 0.1) is 0 Å². The van der Waals surface area contributed by atoms with Crippen molar-refractivity contribution in [1.29, 1.82) is 0 Å². The maximum atomic E-state index is 4.51. The fourth-order valence-corrected chi connectivity index (χ4v) is 3.47. The minimum atomic E-state index is 0.757. The zero-order chi connectivity index (χ0) is 10.3. The third-order valence-electron chi connectivity index (χ3n) is 2.99. The number of para-hydroxylation sites is 1. The fourth-order valence-electron chi connectivity index (χ4n) is 2.12. The third kappa shape index (κ3) is 1.44. The highest BCUT2D eigenvalue weighted by Gasteiger charge is 2.22. The van der Waals surface area contributed by atoms with E-state index in [1.165, 1.54) is 28.7 Å². The van der Waals surface area contributed by atoms with Crippen LogP contribution < -0.4 is 0 Å². The second kappa shape index (κ2) is 3.53. The van der Waals surface area contributed by atoms with Gasteiger partial charge in [-0.2, -0.15) is 0 Å². The molecule has 1 nitrogen and oxygen atoms in total. The van der Waals surface area contributed by atoms with Gasteiger partial charge in [0.15, 0.2) is 0 Å². The number of hydrogen-bond donors (Lipinski definition) is 0. The lowest BCUT2D eigenvalue weighted by Gasteiger charge is -2.03. The summed E-state index contributed by atoms with van der Waals surface area (Å²) in [5.41, 5.74) is 2.56. The number of thioether (sulfide) groups is 1. The predicted molar refractivity (Wildman–Crippen MR) is 65.4 cm³/mol. The van der Waals surface area contributed by atoms with Crippen LogP contribution in [0.15, 0.2) is 35.4 Å². The van der Waals surface area contributed by atoms with Crippen LogP contribution in [0.3, 0.4) is 0 Å². The van der Waals surface area contributed by atoms with Gasteiger partial charge in [0.2, 0.25) is 0 Å². The Hall–Kier alpha value is -1.02. The zero-order valence-electron chi connectivity index (χ0n) is 8.73. The minimum Gasteiger partial charge on any atom is -0.256 e. The maximum absolute atomic E-state index is 4.51. The van der Waals surface area contributed by atoms with E-state index < -0.39 is 0 Å². The van der Waals surface area contributed by atoms with Crippen LogP contribution in [-0.4, -0.2) is 10.2 Å². The smallest absolute Gasteiger partial charge is 0.0713 e. The first-order valence-electron chi connectivity index (χ1n) is 5.41. The molecule has 1 aromatic heterocycles. The summed E-state index contributed by atoms with van der Waals surface area (Å²) < 4.78 is 0. The van der Waals surface area contributed by atoms with E-state index >= 15 is 0 Å². The Morgan fingerprint density at radius 1 is 1.40 bits per heavy atom. The molecule has 15 heavy (non-hydrogen) atoms. The third-order valence-corrected chi connectivity index (χ3v) is 4.54. The van der Waals surface area contributed by atoms with Gasteiger partial charge in [0.05, 0.1) is 5.52 Å². The number of fused-ring (bicyclic) bond motifs is 3. The molecule has 1 aliphatic heterocycles. The largest absolute Gasteiger partial charge is 0.256 e. The van der Waals surface area contributed by atoms with Crippen molar-refractivity contribution in [2.45, 2.75) is 29.9 Å². The van der Waals surface area contributed by atoms with Gasteiger partial charge in [-0.1, -0.05) is 25.1 Å². The summed E-state index contributed by atoms with van der Waals surface area (Å²) in [7, 11) is 0. The average Bonchev–Trinajstić information content (AvgIpc) is 2.72. The standard InChI is InChI=1S/C13H13NS/c1-2-10-7-9-8-14-12-6-4-3-5-11(12)13(9)15-10/h3-6,8,10H,2,7H2,1H3. The Morgan fingerprint density at radius 2 is 2.27 bits per heavy atom. The summed E-state index contributed by atoms with van der Waals surface area (Å²) in [6.07, 6.45) is 4.49. The van der Waals surface area contributed by atoms with Crippen molar-refractivity contribution in [2.75, 3.05) is 0 Å². The Bertz CT molecular complexity index is 507. The normalized spacial score (nSPS) is 19.4. The van der Waals surface area contributed by atoms with E-state index in [9.17, 15) is 0 Å². The highest BCUT2D eigenvalue weighted by Crippen LogP contribution is 2.41. The number of aromatic nitrogens is 1. The Morgan fingerprint density at radius 3 is 3.13 bits per heavy atom. The van der Waals surface area contributed by atoms with Crippen LogP contribution in [-0.2, 0) is 6.42 Å². The van der Waals surface area contributed by atoms with E-state index in [0.717, 1.165) is 10.8 Å². The molecule has 0 saturated carbocycles. The average molecular weight is 215 g/mol. The Kier molecular flexibility index (Phi) is 2.17. The first-order valence-corrected chi connectivity index (χ1v) is 6.29. The van der Waals surface area contributed by atoms with E-state index in [1.807, 2.05) is 11.8 Å². The molecule has 0 aliphatic carbocycles. The second-order valence-electron chi connectivity index (χ2n) is 3.98. The zero-order valence-corrected chi connectivity index (χ0v) is 9.55. The number of nitrogens with zero attached hydrogens (tertiary/aromatic N) is 1. The van der Waals surface area contributed by atoms with Crippen molar-refractivity contribution >= 4 is 22.7 Å². The van der Waals surface area contributed by atoms with Crippen LogP contribution in [0.25, 0.3) is 10.9 Å². The molecule has 0 saturated heterocycles. The van der Waals surface area contributed by atoms with E-state index in [1.54, 1.807) is 0 Å². The van der Waals surface area contributed by atoms with Crippen molar-refractivity contribution in [3.63, 3.8) is 0 Å². The number of rotatable bonds is 1. The quantitative estimate of drug-likeness (QED) is 0.720. The van der Waals surface area contributed by atoms with Gasteiger partial charge in [-0.05, 0) is 24.5 Å². The van der Waals surface area contributed by atoms with E-state index in [4.69, 9.17) is 0 Å². The van der Waals surface area contributed by atoms with Gasteiger partial charge in [-0.15, -0.1) is 11.8 Å². The van der Waals surface area contributed by atoms with Gasteiger partial charge in [0, 0.05) is 21.7 Å². The monoisotopic (exact) mass is 215 g/mol.